The van der Waals surface area contributed by atoms with Crippen molar-refractivity contribution in [2.24, 2.45) is 0 Å². The smallest absolute Gasteiger partial charge is 0.224 e. The fourth-order valence-electron chi connectivity index (χ4n) is 2.91. The highest BCUT2D eigenvalue weighted by Gasteiger charge is 2.10. The molecule has 2 aromatic carbocycles. The quantitative estimate of drug-likeness (QED) is 0.664. The third kappa shape index (κ3) is 4.11. The van der Waals surface area contributed by atoms with Crippen molar-refractivity contribution in [2.45, 2.75) is 12.8 Å². The number of hydrogen-bond donors (Lipinski definition) is 2. The summed E-state index contributed by atoms with van der Waals surface area (Å²) in [6.07, 6.45) is 2.88. The van der Waals surface area contributed by atoms with E-state index >= 15 is 0 Å². The molecular formula is C20H21ClN2O3. The number of nitrogens with one attached hydrogen (secondary N) is 2. The second kappa shape index (κ2) is 8.15. The number of benzene rings is 2. The standard InChI is InChI=1S/C20H21ClN2O3/c1-25-18-6-3-13(9-19(18)26-2)7-8-22-20(24)10-14-12-23-17-5-4-15(21)11-16(14)17/h3-6,9,11-12,23H,7-8,10H2,1-2H3,(H,22,24). The predicted molar refractivity (Wildman–Crippen MR) is 103 cm³/mol. The number of fused-ring (bicyclic) bond motifs is 1. The van der Waals surface area contributed by atoms with E-state index in [-0.39, 0.29) is 5.91 Å². The largest absolute Gasteiger partial charge is 0.493 e. The van der Waals surface area contributed by atoms with Crippen molar-refractivity contribution in [3.05, 3.63) is 58.7 Å². The number of rotatable bonds is 7. The van der Waals surface area contributed by atoms with Gasteiger partial charge in [-0.25, -0.2) is 0 Å². The lowest BCUT2D eigenvalue weighted by Gasteiger charge is -2.10. The summed E-state index contributed by atoms with van der Waals surface area (Å²) in [5.74, 6) is 1.36. The van der Waals surface area contributed by atoms with Crippen LogP contribution in [0.1, 0.15) is 11.1 Å². The van der Waals surface area contributed by atoms with E-state index in [4.69, 9.17) is 21.1 Å². The van der Waals surface area contributed by atoms with Gasteiger partial charge in [0, 0.05) is 28.7 Å². The van der Waals surface area contributed by atoms with Crippen molar-refractivity contribution >= 4 is 28.4 Å². The number of carbonyl (C=O) groups is 1. The summed E-state index contributed by atoms with van der Waals surface area (Å²) >= 11 is 6.05. The second-order valence-corrected chi connectivity index (χ2v) is 6.41. The molecule has 0 saturated carbocycles. The molecule has 6 heteroatoms. The molecule has 0 atom stereocenters. The molecule has 1 amide bonds. The van der Waals surface area contributed by atoms with Crippen molar-refractivity contribution < 1.29 is 14.3 Å². The lowest BCUT2D eigenvalue weighted by molar-refractivity contribution is -0.120. The molecule has 0 saturated heterocycles. The first kappa shape index (κ1) is 18.1. The second-order valence-electron chi connectivity index (χ2n) is 5.97. The molecule has 136 valence electrons. The van der Waals surface area contributed by atoms with Crippen LogP contribution in [0.3, 0.4) is 0 Å². The maximum atomic E-state index is 12.3. The average molecular weight is 373 g/mol. The predicted octanol–water partition coefficient (Wildman–Crippen LogP) is 3.74. The van der Waals surface area contributed by atoms with Crippen molar-refractivity contribution in [1.82, 2.24) is 10.3 Å². The highest BCUT2D eigenvalue weighted by molar-refractivity contribution is 6.31. The molecule has 0 fully saturated rings. The van der Waals surface area contributed by atoms with Crippen molar-refractivity contribution in [3.8, 4) is 11.5 Å². The van der Waals surface area contributed by atoms with Gasteiger partial charge in [0.1, 0.15) is 0 Å². The Balaban J connectivity index is 1.56. The van der Waals surface area contributed by atoms with E-state index in [1.807, 2.05) is 42.6 Å². The molecule has 26 heavy (non-hydrogen) atoms. The Labute approximate surface area is 157 Å². The molecule has 0 spiro atoms. The molecule has 2 N–H and O–H groups in total. The topological polar surface area (TPSA) is 63.3 Å². The zero-order chi connectivity index (χ0) is 18.5. The zero-order valence-corrected chi connectivity index (χ0v) is 15.5. The fourth-order valence-corrected chi connectivity index (χ4v) is 3.09. The first-order valence-corrected chi connectivity index (χ1v) is 8.71. The lowest BCUT2D eigenvalue weighted by atomic mass is 10.1. The van der Waals surface area contributed by atoms with E-state index in [9.17, 15) is 4.79 Å². The van der Waals surface area contributed by atoms with Crippen LogP contribution in [0, 0.1) is 0 Å². The molecule has 0 unspecified atom stereocenters. The Hall–Kier alpha value is -2.66. The van der Waals surface area contributed by atoms with Gasteiger partial charge in [-0.2, -0.15) is 0 Å². The summed E-state index contributed by atoms with van der Waals surface area (Å²) in [5.41, 5.74) is 2.98. The van der Waals surface area contributed by atoms with Crippen molar-refractivity contribution in [3.63, 3.8) is 0 Å². The van der Waals surface area contributed by atoms with E-state index in [0.717, 1.165) is 22.0 Å². The van der Waals surface area contributed by atoms with Crippen LogP contribution in [-0.4, -0.2) is 31.7 Å². The first-order valence-electron chi connectivity index (χ1n) is 8.34. The number of H-pyrrole nitrogens is 1. The van der Waals surface area contributed by atoms with E-state index in [0.29, 0.717) is 35.9 Å². The normalized spacial score (nSPS) is 10.7. The van der Waals surface area contributed by atoms with Crippen LogP contribution in [0.15, 0.2) is 42.6 Å². The number of methoxy groups -OCH3 is 2. The van der Waals surface area contributed by atoms with Crippen LogP contribution in [0.4, 0.5) is 0 Å². The highest BCUT2D eigenvalue weighted by Crippen LogP contribution is 2.27. The minimum atomic E-state index is -0.0219. The number of ether oxygens (including phenoxy) is 2. The number of carbonyl (C=O) groups excluding carboxylic acids is 1. The molecule has 3 aromatic rings. The van der Waals surface area contributed by atoms with Crippen LogP contribution < -0.4 is 14.8 Å². The molecule has 0 radical (unpaired) electrons. The van der Waals surface area contributed by atoms with Gasteiger partial charge in [0.2, 0.25) is 5.91 Å². The first-order chi connectivity index (χ1) is 12.6. The van der Waals surface area contributed by atoms with Gasteiger partial charge in [-0.3, -0.25) is 4.79 Å². The zero-order valence-electron chi connectivity index (χ0n) is 14.8. The summed E-state index contributed by atoms with van der Waals surface area (Å²) in [5, 5.41) is 4.60. The minimum Gasteiger partial charge on any atom is -0.493 e. The number of aromatic amines is 1. The van der Waals surface area contributed by atoms with Gasteiger partial charge in [-0.05, 0) is 47.9 Å². The van der Waals surface area contributed by atoms with Gasteiger partial charge in [0.15, 0.2) is 11.5 Å². The number of halogens is 1. The Kier molecular flexibility index (Phi) is 5.68. The number of hydrogen-bond acceptors (Lipinski definition) is 3. The third-order valence-electron chi connectivity index (χ3n) is 4.26. The van der Waals surface area contributed by atoms with Gasteiger partial charge in [-0.15, -0.1) is 0 Å². The molecular weight excluding hydrogens is 352 g/mol. The molecule has 0 aliphatic rings. The van der Waals surface area contributed by atoms with Crippen LogP contribution in [0.2, 0.25) is 5.02 Å². The molecule has 0 aliphatic carbocycles. The van der Waals surface area contributed by atoms with Gasteiger partial charge < -0.3 is 19.8 Å². The minimum absolute atomic E-state index is 0.0219. The maximum absolute atomic E-state index is 12.3. The molecule has 5 nitrogen and oxygen atoms in total. The number of amides is 1. The van der Waals surface area contributed by atoms with Gasteiger partial charge >= 0.3 is 0 Å². The van der Waals surface area contributed by atoms with Crippen LogP contribution in [0.25, 0.3) is 10.9 Å². The SMILES string of the molecule is COc1ccc(CCNC(=O)Cc2c[nH]c3ccc(Cl)cc23)cc1OC. The fraction of sp³-hybridized carbons (Fsp3) is 0.250. The Morgan fingerprint density at radius 1 is 1.12 bits per heavy atom. The molecule has 1 heterocycles. The Bertz CT molecular complexity index is 921. The van der Waals surface area contributed by atoms with E-state index in [1.54, 1.807) is 14.2 Å². The van der Waals surface area contributed by atoms with Gasteiger partial charge in [-0.1, -0.05) is 17.7 Å². The van der Waals surface area contributed by atoms with Crippen LogP contribution in [0.5, 0.6) is 11.5 Å². The van der Waals surface area contributed by atoms with E-state index < -0.39 is 0 Å². The Morgan fingerprint density at radius 3 is 2.69 bits per heavy atom. The lowest BCUT2D eigenvalue weighted by Crippen LogP contribution is -2.27. The highest BCUT2D eigenvalue weighted by atomic mass is 35.5. The third-order valence-corrected chi connectivity index (χ3v) is 4.50. The number of aromatic nitrogens is 1. The van der Waals surface area contributed by atoms with E-state index in [1.165, 1.54) is 0 Å². The summed E-state index contributed by atoms with van der Waals surface area (Å²) in [7, 11) is 3.21. The van der Waals surface area contributed by atoms with Crippen molar-refractivity contribution in [1.29, 1.82) is 0 Å². The Morgan fingerprint density at radius 2 is 1.92 bits per heavy atom. The van der Waals surface area contributed by atoms with Gasteiger partial charge in [0.05, 0.1) is 20.6 Å². The average Bonchev–Trinajstić information content (AvgIpc) is 3.03. The molecule has 3 rings (SSSR count). The monoisotopic (exact) mass is 372 g/mol. The molecule has 1 aromatic heterocycles. The van der Waals surface area contributed by atoms with E-state index in [2.05, 4.69) is 10.3 Å². The summed E-state index contributed by atoms with van der Waals surface area (Å²) in [6.45, 7) is 0.553. The van der Waals surface area contributed by atoms with Crippen molar-refractivity contribution in [2.75, 3.05) is 20.8 Å². The van der Waals surface area contributed by atoms with Gasteiger partial charge in [0.25, 0.3) is 0 Å². The molecule has 0 bridgehead atoms. The van der Waals surface area contributed by atoms with Crippen LogP contribution in [-0.2, 0) is 17.6 Å². The molecule has 0 aliphatic heterocycles. The maximum Gasteiger partial charge on any atom is 0.224 e. The van der Waals surface area contributed by atoms with Crippen LogP contribution >= 0.6 is 11.6 Å². The summed E-state index contributed by atoms with van der Waals surface area (Å²) < 4.78 is 10.5. The summed E-state index contributed by atoms with van der Waals surface area (Å²) in [6, 6.07) is 11.4. The summed E-state index contributed by atoms with van der Waals surface area (Å²) in [4.78, 5) is 15.4.